The Hall–Kier alpha value is -2.64. The average Bonchev–Trinajstić information content (AvgIpc) is 3.14. The molecule has 3 aromatic rings. The van der Waals surface area contributed by atoms with E-state index in [9.17, 15) is 9.59 Å². The maximum Gasteiger partial charge on any atom is 0.226 e. The molecule has 0 aliphatic carbocycles. The second-order valence-corrected chi connectivity index (χ2v) is 8.35. The molecule has 8 heteroatoms. The van der Waals surface area contributed by atoms with Gasteiger partial charge in [0.25, 0.3) is 0 Å². The highest BCUT2D eigenvalue weighted by Gasteiger charge is 2.21. The number of para-hydroxylation sites is 1. The molecule has 0 atom stereocenters. The van der Waals surface area contributed by atoms with Crippen LogP contribution in [0, 0.1) is 0 Å². The van der Waals surface area contributed by atoms with Gasteiger partial charge >= 0.3 is 0 Å². The normalized spacial score (nSPS) is 14.2. The fraction of sp³-hybridized carbons (Fsp3) is 0.286. The summed E-state index contributed by atoms with van der Waals surface area (Å²) in [5.74, 6) is -0.185. The monoisotopic (exact) mass is 428 g/mol. The number of thiazole rings is 1. The van der Waals surface area contributed by atoms with Gasteiger partial charge in [-0.1, -0.05) is 41.1 Å². The summed E-state index contributed by atoms with van der Waals surface area (Å²) < 4.78 is 0.917. The van der Waals surface area contributed by atoms with Crippen LogP contribution in [0.1, 0.15) is 12.8 Å². The van der Waals surface area contributed by atoms with Gasteiger partial charge in [-0.15, -0.1) is 0 Å². The number of piperazine rings is 1. The van der Waals surface area contributed by atoms with Gasteiger partial charge < -0.3 is 15.1 Å². The van der Waals surface area contributed by atoms with E-state index in [0.717, 1.165) is 23.3 Å². The molecule has 2 amide bonds. The Morgan fingerprint density at radius 1 is 1.03 bits per heavy atom. The number of carbonyl (C=O) groups excluding carboxylic acids is 2. The molecule has 4 rings (SSSR count). The number of carbonyl (C=O) groups is 2. The zero-order chi connectivity index (χ0) is 20.2. The molecular weight excluding hydrogens is 408 g/mol. The zero-order valence-electron chi connectivity index (χ0n) is 15.8. The molecule has 2 aromatic carbocycles. The number of halogens is 1. The smallest absolute Gasteiger partial charge is 0.226 e. The van der Waals surface area contributed by atoms with Crippen molar-refractivity contribution in [1.82, 2.24) is 9.88 Å². The van der Waals surface area contributed by atoms with Crippen molar-refractivity contribution < 1.29 is 9.59 Å². The molecule has 1 aromatic heterocycles. The number of anilines is 2. The molecule has 0 saturated carbocycles. The minimum absolute atomic E-state index is 0.0175. The van der Waals surface area contributed by atoms with Crippen LogP contribution < -0.4 is 10.2 Å². The molecule has 150 valence electrons. The number of benzene rings is 2. The molecule has 0 radical (unpaired) electrons. The van der Waals surface area contributed by atoms with Gasteiger partial charge in [0.1, 0.15) is 0 Å². The van der Waals surface area contributed by atoms with Crippen LogP contribution >= 0.6 is 22.9 Å². The third kappa shape index (κ3) is 4.86. The Labute approximate surface area is 178 Å². The SMILES string of the molecule is O=C(CCC(=O)N1CCN(c2ccccc2)CC1)Nc1nc2ccc(Cl)cc2s1. The highest BCUT2D eigenvalue weighted by Crippen LogP contribution is 2.28. The summed E-state index contributed by atoms with van der Waals surface area (Å²) in [6.45, 7) is 2.95. The van der Waals surface area contributed by atoms with Crippen LogP contribution in [0.25, 0.3) is 10.2 Å². The number of rotatable bonds is 5. The number of aromatic nitrogens is 1. The van der Waals surface area contributed by atoms with Gasteiger partial charge in [-0.2, -0.15) is 0 Å². The first kappa shape index (κ1) is 19.7. The first-order valence-electron chi connectivity index (χ1n) is 9.52. The number of amides is 2. The molecule has 0 spiro atoms. The summed E-state index contributed by atoms with van der Waals surface area (Å²) in [6.07, 6.45) is 0.350. The molecule has 6 nitrogen and oxygen atoms in total. The molecule has 2 heterocycles. The molecule has 1 saturated heterocycles. The lowest BCUT2D eigenvalue weighted by Gasteiger charge is -2.36. The Morgan fingerprint density at radius 2 is 1.79 bits per heavy atom. The van der Waals surface area contributed by atoms with E-state index in [0.29, 0.717) is 23.2 Å². The van der Waals surface area contributed by atoms with E-state index in [1.807, 2.05) is 35.2 Å². The summed E-state index contributed by atoms with van der Waals surface area (Å²) in [5.41, 5.74) is 1.97. The first-order chi connectivity index (χ1) is 14.1. The summed E-state index contributed by atoms with van der Waals surface area (Å²) in [6, 6.07) is 15.6. The van der Waals surface area contributed by atoms with Crippen LogP contribution in [0.2, 0.25) is 5.02 Å². The van der Waals surface area contributed by atoms with Gasteiger partial charge in [0.15, 0.2) is 5.13 Å². The van der Waals surface area contributed by atoms with Gasteiger partial charge in [0, 0.05) is 49.7 Å². The lowest BCUT2D eigenvalue weighted by atomic mass is 10.2. The fourth-order valence-corrected chi connectivity index (χ4v) is 4.52. The maximum absolute atomic E-state index is 12.5. The van der Waals surface area contributed by atoms with Crippen LogP contribution in [0.15, 0.2) is 48.5 Å². The predicted molar refractivity (Wildman–Crippen MR) is 118 cm³/mol. The standard InChI is InChI=1S/C21H21ClN4O2S/c22-15-6-7-17-18(14-15)29-21(23-17)24-19(27)8-9-20(28)26-12-10-25(11-13-26)16-4-2-1-3-5-16/h1-7,14H,8-13H2,(H,23,24,27). The first-order valence-corrected chi connectivity index (χ1v) is 10.7. The Balaban J connectivity index is 1.24. The minimum Gasteiger partial charge on any atom is -0.368 e. The van der Waals surface area contributed by atoms with Crippen molar-refractivity contribution in [2.75, 3.05) is 36.4 Å². The van der Waals surface area contributed by atoms with Crippen molar-refractivity contribution in [3.05, 3.63) is 53.6 Å². The molecule has 29 heavy (non-hydrogen) atoms. The summed E-state index contributed by atoms with van der Waals surface area (Å²) in [5, 5.41) is 3.94. The third-order valence-corrected chi connectivity index (χ3v) is 6.09. The van der Waals surface area contributed by atoms with Crippen molar-refractivity contribution in [2.24, 2.45) is 0 Å². The van der Waals surface area contributed by atoms with E-state index >= 15 is 0 Å². The van der Waals surface area contributed by atoms with E-state index < -0.39 is 0 Å². The molecule has 0 unspecified atom stereocenters. The largest absolute Gasteiger partial charge is 0.368 e. The fourth-order valence-electron chi connectivity index (χ4n) is 3.37. The van der Waals surface area contributed by atoms with Crippen molar-refractivity contribution in [1.29, 1.82) is 0 Å². The van der Waals surface area contributed by atoms with Crippen molar-refractivity contribution >= 4 is 55.8 Å². The van der Waals surface area contributed by atoms with Crippen LogP contribution in [0.3, 0.4) is 0 Å². The number of hydrogen-bond acceptors (Lipinski definition) is 5. The summed E-state index contributed by atoms with van der Waals surface area (Å²) in [7, 11) is 0. The lowest BCUT2D eigenvalue weighted by Crippen LogP contribution is -2.48. The van der Waals surface area contributed by atoms with Crippen LogP contribution in [-0.4, -0.2) is 47.9 Å². The lowest BCUT2D eigenvalue weighted by molar-refractivity contribution is -0.133. The van der Waals surface area contributed by atoms with Gasteiger partial charge in [0.2, 0.25) is 11.8 Å². The second-order valence-electron chi connectivity index (χ2n) is 6.88. The van der Waals surface area contributed by atoms with Crippen LogP contribution in [0.4, 0.5) is 10.8 Å². The number of nitrogens with zero attached hydrogens (tertiary/aromatic N) is 3. The zero-order valence-corrected chi connectivity index (χ0v) is 17.4. The Bertz CT molecular complexity index is 1020. The molecule has 1 aliphatic heterocycles. The third-order valence-electron chi connectivity index (χ3n) is 4.92. The average molecular weight is 429 g/mol. The maximum atomic E-state index is 12.5. The topological polar surface area (TPSA) is 65.5 Å². The highest BCUT2D eigenvalue weighted by atomic mass is 35.5. The Kier molecular flexibility index (Phi) is 5.97. The van der Waals surface area contributed by atoms with E-state index in [4.69, 9.17) is 11.6 Å². The quantitative estimate of drug-likeness (QED) is 0.666. The Morgan fingerprint density at radius 3 is 2.55 bits per heavy atom. The van der Waals surface area contributed by atoms with Gasteiger partial charge in [-0.25, -0.2) is 4.98 Å². The van der Waals surface area contributed by atoms with Crippen molar-refractivity contribution in [2.45, 2.75) is 12.8 Å². The predicted octanol–water partition coefficient (Wildman–Crippen LogP) is 4.02. The van der Waals surface area contributed by atoms with E-state index in [2.05, 4.69) is 27.3 Å². The summed E-state index contributed by atoms with van der Waals surface area (Å²) >= 11 is 7.35. The molecular formula is C21H21ClN4O2S. The van der Waals surface area contributed by atoms with Gasteiger partial charge in [-0.05, 0) is 30.3 Å². The van der Waals surface area contributed by atoms with E-state index in [-0.39, 0.29) is 24.7 Å². The molecule has 0 bridgehead atoms. The number of fused-ring (bicyclic) bond motifs is 1. The minimum atomic E-state index is -0.202. The molecule has 1 N–H and O–H groups in total. The van der Waals surface area contributed by atoms with Crippen molar-refractivity contribution in [3.63, 3.8) is 0 Å². The van der Waals surface area contributed by atoms with E-state index in [1.54, 1.807) is 6.07 Å². The number of hydrogen-bond donors (Lipinski definition) is 1. The highest BCUT2D eigenvalue weighted by molar-refractivity contribution is 7.22. The summed E-state index contributed by atoms with van der Waals surface area (Å²) in [4.78, 5) is 33.2. The van der Waals surface area contributed by atoms with Crippen LogP contribution in [-0.2, 0) is 9.59 Å². The molecule has 1 aliphatic rings. The van der Waals surface area contributed by atoms with Gasteiger partial charge in [-0.3, -0.25) is 9.59 Å². The van der Waals surface area contributed by atoms with E-state index in [1.165, 1.54) is 17.0 Å². The second kappa shape index (κ2) is 8.80. The van der Waals surface area contributed by atoms with Crippen molar-refractivity contribution in [3.8, 4) is 0 Å². The van der Waals surface area contributed by atoms with Gasteiger partial charge in [0.05, 0.1) is 10.2 Å². The number of nitrogens with one attached hydrogen (secondary N) is 1. The van der Waals surface area contributed by atoms with Crippen LogP contribution in [0.5, 0.6) is 0 Å². The molecule has 1 fully saturated rings.